The molecular formula is C26H43N3O5. The van der Waals surface area contributed by atoms with Gasteiger partial charge in [-0.1, -0.05) is 60.8 Å². The van der Waals surface area contributed by atoms with Crippen LogP contribution in [-0.2, 0) is 9.53 Å². The Kier molecular flexibility index (Phi) is 9.88. The lowest BCUT2D eigenvalue weighted by atomic mass is 9.76. The lowest BCUT2D eigenvalue weighted by Crippen LogP contribution is -2.33. The zero-order chi connectivity index (χ0) is 25.5. The van der Waals surface area contributed by atoms with Gasteiger partial charge in [-0.3, -0.25) is 19.1 Å². The van der Waals surface area contributed by atoms with Gasteiger partial charge in [-0.2, -0.15) is 0 Å². The Balaban J connectivity index is 1.94. The fourth-order valence-corrected chi connectivity index (χ4v) is 4.39. The highest BCUT2D eigenvalue weighted by molar-refractivity contribution is 5.91. The second-order valence-electron chi connectivity index (χ2n) is 11.6. The van der Waals surface area contributed by atoms with Crippen molar-refractivity contribution in [1.82, 2.24) is 14.9 Å². The predicted octanol–water partition coefficient (Wildman–Crippen LogP) is 3.60. The number of unbranched alkanes of at least 4 members (excludes halogenated alkanes) is 3. The quantitative estimate of drug-likeness (QED) is 0.352. The molecule has 0 aromatic carbocycles. The van der Waals surface area contributed by atoms with E-state index < -0.39 is 17.5 Å². The van der Waals surface area contributed by atoms with Gasteiger partial charge in [0.1, 0.15) is 6.23 Å². The van der Waals surface area contributed by atoms with E-state index in [1.165, 1.54) is 35.8 Å². The minimum Gasteiger partial charge on any atom is -0.394 e. The van der Waals surface area contributed by atoms with E-state index in [0.717, 1.165) is 19.3 Å². The number of aromatic nitrogens is 2. The molecule has 0 spiro atoms. The Labute approximate surface area is 202 Å². The molecule has 1 aliphatic heterocycles. The molecule has 0 saturated carbocycles. The van der Waals surface area contributed by atoms with Crippen LogP contribution in [0.4, 0.5) is 0 Å². The lowest BCUT2D eigenvalue weighted by Gasteiger charge is -2.29. The number of nitrogens with one attached hydrogen (secondary N) is 2. The first-order valence-electron chi connectivity index (χ1n) is 12.4. The lowest BCUT2D eigenvalue weighted by molar-refractivity contribution is -0.116. The van der Waals surface area contributed by atoms with Crippen molar-refractivity contribution in [3.05, 3.63) is 38.7 Å². The molecule has 0 radical (unpaired) electrons. The topological polar surface area (TPSA) is 113 Å². The summed E-state index contributed by atoms with van der Waals surface area (Å²) in [6.45, 7) is 13.4. The van der Waals surface area contributed by atoms with Crippen LogP contribution in [0.15, 0.2) is 21.9 Å². The molecule has 8 nitrogen and oxygen atoms in total. The molecule has 0 aliphatic carbocycles. The molecule has 1 unspecified atom stereocenters. The molecule has 1 aromatic heterocycles. The van der Waals surface area contributed by atoms with Crippen molar-refractivity contribution in [1.29, 1.82) is 0 Å². The second kappa shape index (κ2) is 12.0. The van der Waals surface area contributed by atoms with Crippen LogP contribution in [-0.4, -0.2) is 39.8 Å². The van der Waals surface area contributed by atoms with E-state index in [-0.39, 0.29) is 35.5 Å². The maximum atomic E-state index is 12.4. The van der Waals surface area contributed by atoms with Crippen LogP contribution in [0.1, 0.15) is 91.9 Å². The number of aliphatic hydroxyl groups excluding tert-OH is 1. The molecule has 192 valence electrons. The van der Waals surface area contributed by atoms with Gasteiger partial charge < -0.3 is 15.2 Å². The fourth-order valence-electron chi connectivity index (χ4n) is 4.39. The van der Waals surface area contributed by atoms with Gasteiger partial charge in [-0.25, -0.2) is 4.79 Å². The number of carbonyl (C=O) groups excluding carboxylic acids is 1. The van der Waals surface area contributed by atoms with Crippen LogP contribution in [0.2, 0.25) is 0 Å². The molecule has 8 heteroatoms. The molecule has 3 atom stereocenters. The molecule has 34 heavy (non-hydrogen) atoms. The molecule has 1 aromatic rings. The number of amides is 1. The third kappa shape index (κ3) is 8.55. The first-order valence-corrected chi connectivity index (χ1v) is 12.4. The van der Waals surface area contributed by atoms with E-state index in [2.05, 4.69) is 51.8 Å². The van der Waals surface area contributed by atoms with Crippen LogP contribution in [0.3, 0.4) is 0 Å². The summed E-state index contributed by atoms with van der Waals surface area (Å²) in [7, 11) is 0. The van der Waals surface area contributed by atoms with Gasteiger partial charge in [0.15, 0.2) is 0 Å². The minimum atomic E-state index is -0.593. The highest BCUT2D eigenvalue weighted by atomic mass is 16.5. The second-order valence-corrected chi connectivity index (χ2v) is 11.6. The minimum absolute atomic E-state index is 0.0551. The Morgan fingerprint density at radius 3 is 2.44 bits per heavy atom. The van der Waals surface area contributed by atoms with Crippen LogP contribution in [0.5, 0.6) is 0 Å². The average Bonchev–Trinajstić information content (AvgIpc) is 3.16. The zero-order valence-corrected chi connectivity index (χ0v) is 21.6. The number of rotatable bonds is 10. The molecule has 2 heterocycles. The smallest absolute Gasteiger partial charge is 0.330 e. The molecular weight excluding hydrogens is 434 g/mol. The standard InChI is InChI=1S/C26H43N3O5/c1-25(2,3)13-9-7-8-10-14-27-21(31)12-11-18-16-29(24(33)28-23(18)32)22-15-19(26(4,5)6)20(17-30)34-22/h11-12,16,19-20,22,30H,7-10,13-15,17H2,1-6H3,(H,27,31)(H,28,32,33)/b12-11+/t19?,20-,22-/m1/s1. The number of hydrogen-bond donors (Lipinski definition) is 3. The summed E-state index contributed by atoms with van der Waals surface area (Å²) in [5.41, 5.74) is -0.692. The van der Waals surface area contributed by atoms with Gasteiger partial charge in [0.25, 0.3) is 5.56 Å². The van der Waals surface area contributed by atoms with E-state index in [0.29, 0.717) is 18.4 Å². The first-order chi connectivity index (χ1) is 15.8. The van der Waals surface area contributed by atoms with E-state index >= 15 is 0 Å². The summed E-state index contributed by atoms with van der Waals surface area (Å²) in [5, 5.41) is 12.6. The van der Waals surface area contributed by atoms with Gasteiger partial charge in [0.05, 0.1) is 18.3 Å². The number of H-pyrrole nitrogens is 1. The van der Waals surface area contributed by atoms with E-state index in [4.69, 9.17) is 4.74 Å². The molecule has 2 rings (SSSR count). The van der Waals surface area contributed by atoms with Gasteiger partial charge in [-0.05, 0) is 42.1 Å². The third-order valence-electron chi connectivity index (χ3n) is 6.40. The Hall–Kier alpha value is -2.19. The summed E-state index contributed by atoms with van der Waals surface area (Å²) < 4.78 is 7.27. The zero-order valence-electron chi connectivity index (χ0n) is 21.6. The van der Waals surface area contributed by atoms with Gasteiger partial charge >= 0.3 is 5.69 Å². The molecule has 1 saturated heterocycles. The van der Waals surface area contributed by atoms with Crippen molar-refractivity contribution in [3.63, 3.8) is 0 Å². The van der Waals surface area contributed by atoms with Crippen molar-refractivity contribution in [2.75, 3.05) is 13.2 Å². The molecule has 1 fully saturated rings. The van der Waals surface area contributed by atoms with Crippen molar-refractivity contribution in [2.24, 2.45) is 16.7 Å². The van der Waals surface area contributed by atoms with Gasteiger partial charge in [0, 0.05) is 18.8 Å². The number of ether oxygens (including phenoxy) is 1. The van der Waals surface area contributed by atoms with Crippen molar-refractivity contribution in [2.45, 2.75) is 92.4 Å². The third-order valence-corrected chi connectivity index (χ3v) is 6.40. The Morgan fingerprint density at radius 2 is 1.85 bits per heavy atom. The summed E-state index contributed by atoms with van der Waals surface area (Å²) in [4.78, 5) is 39.2. The fraction of sp³-hybridized carbons (Fsp3) is 0.731. The largest absolute Gasteiger partial charge is 0.394 e. The highest BCUT2D eigenvalue weighted by Gasteiger charge is 2.42. The van der Waals surface area contributed by atoms with Crippen molar-refractivity contribution >= 4 is 12.0 Å². The SMILES string of the molecule is CC(C)(C)CCCCCCNC(=O)/C=C/c1cn([C@H]2CC(C(C)(C)C)[C@@H](CO)O2)c(=O)[nH]c1=O. The van der Waals surface area contributed by atoms with Crippen LogP contribution in [0.25, 0.3) is 6.08 Å². The number of aliphatic hydroxyl groups is 1. The summed E-state index contributed by atoms with van der Waals surface area (Å²) in [6, 6.07) is 0. The molecule has 0 bridgehead atoms. The molecule has 3 N–H and O–H groups in total. The first kappa shape index (κ1) is 28.1. The average molecular weight is 478 g/mol. The highest BCUT2D eigenvalue weighted by Crippen LogP contribution is 2.42. The predicted molar refractivity (Wildman–Crippen MR) is 134 cm³/mol. The van der Waals surface area contributed by atoms with E-state index in [1.54, 1.807) is 0 Å². The van der Waals surface area contributed by atoms with Crippen molar-refractivity contribution in [3.8, 4) is 0 Å². The van der Waals surface area contributed by atoms with Crippen LogP contribution in [0, 0.1) is 16.7 Å². The van der Waals surface area contributed by atoms with Gasteiger partial charge in [-0.15, -0.1) is 0 Å². The Morgan fingerprint density at radius 1 is 1.18 bits per heavy atom. The van der Waals surface area contributed by atoms with Crippen molar-refractivity contribution < 1.29 is 14.6 Å². The number of aromatic amines is 1. The Bertz CT molecular complexity index is 949. The van der Waals surface area contributed by atoms with E-state index in [1.807, 2.05) is 0 Å². The maximum absolute atomic E-state index is 12.4. The summed E-state index contributed by atoms with van der Waals surface area (Å²) in [6.07, 6.45) is 9.22. The number of hydrogen-bond acceptors (Lipinski definition) is 5. The monoisotopic (exact) mass is 477 g/mol. The number of nitrogens with zero attached hydrogens (tertiary/aromatic N) is 1. The van der Waals surface area contributed by atoms with Gasteiger partial charge in [0.2, 0.25) is 5.91 Å². The molecule has 1 amide bonds. The normalized spacial score (nSPS) is 21.3. The maximum Gasteiger partial charge on any atom is 0.330 e. The number of carbonyl (C=O) groups is 1. The van der Waals surface area contributed by atoms with E-state index in [9.17, 15) is 19.5 Å². The van der Waals surface area contributed by atoms with Crippen LogP contribution >= 0.6 is 0 Å². The van der Waals surface area contributed by atoms with Crippen LogP contribution < -0.4 is 16.6 Å². The molecule has 1 aliphatic rings. The summed E-state index contributed by atoms with van der Waals surface area (Å²) in [5.74, 6) is -0.225. The summed E-state index contributed by atoms with van der Waals surface area (Å²) >= 11 is 0.